The van der Waals surface area contributed by atoms with Gasteiger partial charge in [-0.2, -0.15) is 0 Å². The molecule has 0 aromatic rings. The van der Waals surface area contributed by atoms with E-state index in [4.69, 9.17) is 4.74 Å². The van der Waals surface area contributed by atoms with Crippen LogP contribution in [0.1, 0.15) is 26.7 Å². The van der Waals surface area contributed by atoms with Gasteiger partial charge in [0.1, 0.15) is 5.92 Å². The molecule has 0 heterocycles. The number of ether oxygens (including phenoxy) is 1. The first-order valence-corrected chi connectivity index (χ1v) is 5.71. The Balaban J connectivity index is 2.40. The quantitative estimate of drug-likeness (QED) is 0.544. The highest BCUT2D eigenvalue weighted by atomic mass is 16.5. The monoisotopic (exact) mass is 222 g/mol. The molecule has 0 aliphatic heterocycles. The normalized spacial score (nSPS) is 33.5. The molecule has 0 fully saturated rings. The molecule has 2 aliphatic rings. The van der Waals surface area contributed by atoms with Gasteiger partial charge in [0.2, 0.25) is 0 Å². The molecule has 0 amide bonds. The maximum Gasteiger partial charge on any atom is 0.317 e. The molecule has 0 saturated carbocycles. The number of aliphatic hydroxyl groups is 1. The highest BCUT2D eigenvalue weighted by molar-refractivity contribution is 5.80. The van der Waals surface area contributed by atoms with Crippen LogP contribution in [0.3, 0.4) is 0 Å². The van der Waals surface area contributed by atoms with E-state index in [1.807, 2.05) is 6.92 Å². The molecule has 3 nitrogen and oxygen atoms in total. The van der Waals surface area contributed by atoms with Gasteiger partial charge in [0.05, 0.1) is 13.2 Å². The van der Waals surface area contributed by atoms with Crippen LogP contribution in [-0.2, 0) is 9.53 Å². The molecule has 1 N–H and O–H groups in total. The van der Waals surface area contributed by atoms with Gasteiger partial charge in [0.25, 0.3) is 0 Å². The van der Waals surface area contributed by atoms with Crippen LogP contribution in [0.15, 0.2) is 22.8 Å². The minimum absolute atomic E-state index is 0.255. The summed E-state index contributed by atoms with van der Waals surface area (Å²) >= 11 is 0. The van der Waals surface area contributed by atoms with Gasteiger partial charge in [0, 0.05) is 0 Å². The van der Waals surface area contributed by atoms with Gasteiger partial charge in [-0.3, -0.25) is 4.79 Å². The molecule has 2 aliphatic carbocycles. The molecule has 0 spiro atoms. The summed E-state index contributed by atoms with van der Waals surface area (Å²) < 4.78 is 4.83. The third-order valence-electron chi connectivity index (χ3n) is 3.75. The van der Waals surface area contributed by atoms with E-state index in [1.54, 1.807) is 0 Å². The molecule has 88 valence electrons. The van der Waals surface area contributed by atoms with Crippen molar-refractivity contribution in [1.82, 2.24) is 0 Å². The second kappa shape index (κ2) is 4.06. The lowest BCUT2D eigenvalue weighted by molar-refractivity contribution is -0.143. The molecule has 3 heteroatoms. The van der Waals surface area contributed by atoms with E-state index in [0.717, 1.165) is 24.0 Å². The summed E-state index contributed by atoms with van der Waals surface area (Å²) in [4.78, 5) is 11.8. The number of hydrogen-bond acceptors (Lipinski definition) is 3. The predicted molar refractivity (Wildman–Crippen MR) is 60.7 cm³/mol. The molecule has 0 saturated heterocycles. The van der Waals surface area contributed by atoms with Crippen molar-refractivity contribution in [2.45, 2.75) is 32.8 Å². The third kappa shape index (κ3) is 1.59. The number of esters is 1. The van der Waals surface area contributed by atoms with Crippen molar-refractivity contribution in [1.29, 1.82) is 0 Å². The van der Waals surface area contributed by atoms with Crippen LogP contribution in [0, 0.1) is 11.8 Å². The first-order valence-electron chi connectivity index (χ1n) is 5.71. The lowest BCUT2D eigenvalue weighted by Crippen LogP contribution is -2.26. The molecule has 3 atom stereocenters. The lowest BCUT2D eigenvalue weighted by Gasteiger charge is -2.25. The van der Waals surface area contributed by atoms with Crippen LogP contribution < -0.4 is 0 Å². The van der Waals surface area contributed by atoms with Crippen molar-refractivity contribution >= 4 is 5.97 Å². The number of hydrogen-bond donors (Lipinski definition) is 1. The number of rotatable bonds is 1. The van der Waals surface area contributed by atoms with E-state index in [0.29, 0.717) is 5.92 Å². The molecule has 2 rings (SSSR count). The Labute approximate surface area is 95.8 Å². The first-order chi connectivity index (χ1) is 7.56. The first kappa shape index (κ1) is 11.4. The molecule has 1 unspecified atom stereocenters. The zero-order valence-electron chi connectivity index (χ0n) is 9.99. The second-order valence-electron chi connectivity index (χ2n) is 4.74. The molecule has 16 heavy (non-hydrogen) atoms. The van der Waals surface area contributed by atoms with Crippen molar-refractivity contribution in [2.75, 3.05) is 7.11 Å². The summed E-state index contributed by atoms with van der Waals surface area (Å²) in [7, 11) is 1.40. The van der Waals surface area contributed by atoms with Crippen molar-refractivity contribution in [3.63, 3.8) is 0 Å². The average Bonchev–Trinajstić information content (AvgIpc) is 2.53. The van der Waals surface area contributed by atoms with E-state index >= 15 is 0 Å². The van der Waals surface area contributed by atoms with Gasteiger partial charge in [0.15, 0.2) is 0 Å². The summed E-state index contributed by atoms with van der Waals surface area (Å²) in [5.41, 5.74) is 3.13. The Kier molecular flexibility index (Phi) is 2.89. The fourth-order valence-electron chi connectivity index (χ4n) is 2.86. The van der Waals surface area contributed by atoms with Gasteiger partial charge in [-0.05, 0) is 31.3 Å². The minimum Gasteiger partial charge on any atom is -0.468 e. The summed E-state index contributed by atoms with van der Waals surface area (Å²) in [6, 6.07) is 0. The predicted octanol–water partition coefficient (Wildman–Crippen LogP) is 1.82. The summed E-state index contributed by atoms with van der Waals surface area (Å²) in [6.07, 6.45) is 3.21. The molecular weight excluding hydrogens is 204 g/mol. The fourth-order valence-corrected chi connectivity index (χ4v) is 2.86. The Morgan fingerprint density at radius 1 is 1.56 bits per heavy atom. The van der Waals surface area contributed by atoms with Crippen LogP contribution in [-0.4, -0.2) is 24.3 Å². The van der Waals surface area contributed by atoms with Gasteiger partial charge < -0.3 is 9.84 Å². The molecule has 0 radical (unpaired) electrons. The number of allylic oxidation sites excluding steroid dienone is 2. The fraction of sp³-hybridized carbons (Fsp3) is 0.615. The zero-order valence-corrected chi connectivity index (χ0v) is 9.99. The smallest absolute Gasteiger partial charge is 0.317 e. The van der Waals surface area contributed by atoms with E-state index in [1.165, 1.54) is 12.7 Å². The Morgan fingerprint density at radius 3 is 2.88 bits per heavy atom. The number of carbonyl (C=O) groups excluding carboxylic acids is 1. The van der Waals surface area contributed by atoms with Crippen molar-refractivity contribution in [2.24, 2.45) is 11.8 Å². The molecule has 0 bridgehead atoms. The van der Waals surface area contributed by atoms with Crippen LogP contribution in [0.5, 0.6) is 0 Å². The van der Waals surface area contributed by atoms with Crippen molar-refractivity contribution < 1.29 is 14.6 Å². The zero-order chi connectivity index (χ0) is 11.9. The molecule has 0 aromatic carbocycles. The third-order valence-corrected chi connectivity index (χ3v) is 3.75. The Bertz CT molecular complexity index is 379. The second-order valence-corrected chi connectivity index (χ2v) is 4.74. The van der Waals surface area contributed by atoms with Crippen LogP contribution in [0.4, 0.5) is 0 Å². The topological polar surface area (TPSA) is 46.5 Å². The van der Waals surface area contributed by atoms with E-state index in [-0.39, 0.29) is 11.9 Å². The maximum atomic E-state index is 11.8. The highest BCUT2D eigenvalue weighted by Gasteiger charge is 2.40. The summed E-state index contributed by atoms with van der Waals surface area (Å²) in [6.45, 7) is 4.04. The standard InChI is InChI=1S/C13H18O3/c1-7-4-5-9-8(2)6-10(14)12(9)11(7)13(15)16-3/h4,8,10-11,14H,5-6H2,1-3H3/t8-,10+,11?/m1/s1. The van der Waals surface area contributed by atoms with Crippen LogP contribution >= 0.6 is 0 Å². The highest BCUT2D eigenvalue weighted by Crippen LogP contribution is 2.43. The van der Waals surface area contributed by atoms with E-state index in [9.17, 15) is 9.90 Å². The number of carbonyl (C=O) groups is 1. The lowest BCUT2D eigenvalue weighted by atomic mass is 9.82. The van der Waals surface area contributed by atoms with E-state index in [2.05, 4.69) is 13.0 Å². The van der Waals surface area contributed by atoms with Gasteiger partial charge >= 0.3 is 5.97 Å². The number of aliphatic hydroxyl groups excluding tert-OH is 1. The average molecular weight is 222 g/mol. The van der Waals surface area contributed by atoms with Gasteiger partial charge in [-0.1, -0.05) is 24.1 Å². The largest absolute Gasteiger partial charge is 0.468 e. The van der Waals surface area contributed by atoms with Crippen LogP contribution in [0.25, 0.3) is 0 Å². The van der Waals surface area contributed by atoms with E-state index < -0.39 is 6.10 Å². The SMILES string of the molecule is COC(=O)C1C(C)=CCC2=C1[C@@H](O)C[C@H]2C. The van der Waals surface area contributed by atoms with Crippen LogP contribution in [0.2, 0.25) is 0 Å². The Hall–Kier alpha value is -1.09. The summed E-state index contributed by atoms with van der Waals surface area (Å²) in [5, 5.41) is 10.0. The van der Waals surface area contributed by atoms with Gasteiger partial charge in [-0.15, -0.1) is 0 Å². The Morgan fingerprint density at radius 2 is 2.25 bits per heavy atom. The molecule has 0 aromatic heterocycles. The maximum absolute atomic E-state index is 11.8. The van der Waals surface area contributed by atoms with Gasteiger partial charge in [-0.25, -0.2) is 0 Å². The number of methoxy groups -OCH3 is 1. The van der Waals surface area contributed by atoms with Crippen molar-refractivity contribution in [3.8, 4) is 0 Å². The molecular formula is C13H18O3. The minimum atomic E-state index is -0.474. The summed E-state index contributed by atoms with van der Waals surface area (Å²) in [5.74, 6) is -0.232. The van der Waals surface area contributed by atoms with Crippen molar-refractivity contribution in [3.05, 3.63) is 22.8 Å².